The van der Waals surface area contributed by atoms with Crippen LogP contribution in [0.2, 0.25) is 5.02 Å². The lowest BCUT2D eigenvalue weighted by Crippen LogP contribution is -2.11. The van der Waals surface area contributed by atoms with E-state index in [1.54, 1.807) is 0 Å². The van der Waals surface area contributed by atoms with Gasteiger partial charge >= 0.3 is 6.18 Å². The van der Waals surface area contributed by atoms with Gasteiger partial charge in [0, 0.05) is 5.02 Å². The number of hydrogen-bond acceptors (Lipinski definition) is 4. The Hall–Kier alpha value is -2.32. The highest BCUT2D eigenvalue weighted by atomic mass is 35.5. The van der Waals surface area contributed by atoms with Gasteiger partial charge in [-0.15, -0.1) is 0 Å². The molecular weight excluding hydrogens is 365 g/mol. The topological polar surface area (TPSA) is 62.2 Å². The Morgan fingerprint density at radius 2 is 1.96 bits per heavy atom. The van der Waals surface area contributed by atoms with Gasteiger partial charge in [0.15, 0.2) is 5.13 Å². The number of phenols is 1. The van der Waals surface area contributed by atoms with Crippen LogP contribution in [0.25, 0.3) is 10.2 Å². The molecular formula is C15H8ClF3N2O2S. The van der Waals surface area contributed by atoms with E-state index in [1.165, 1.54) is 24.3 Å². The van der Waals surface area contributed by atoms with Crippen molar-refractivity contribution in [1.82, 2.24) is 4.98 Å². The number of phenolic OH excluding ortho intramolecular Hbond substituents is 1. The van der Waals surface area contributed by atoms with Crippen LogP contribution in [0.3, 0.4) is 0 Å². The summed E-state index contributed by atoms with van der Waals surface area (Å²) in [5, 5.41) is 12.5. The smallest absolute Gasteiger partial charge is 0.416 e. The second kappa shape index (κ2) is 5.95. The molecule has 0 bridgehead atoms. The first-order valence-corrected chi connectivity index (χ1v) is 7.71. The number of rotatable bonds is 2. The fourth-order valence-corrected chi connectivity index (χ4v) is 3.08. The Bertz CT molecular complexity index is 940. The van der Waals surface area contributed by atoms with Crippen LogP contribution in [0.1, 0.15) is 15.9 Å². The average molecular weight is 373 g/mol. The molecule has 4 nitrogen and oxygen atoms in total. The summed E-state index contributed by atoms with van der Waals surface area (Å²) in [4.78, 5) is 16.2. The van der Waals surface area contributed by atoms with Gasteiger partial charge < -0.3 is 5.11 Å². The van der Waals surface area contributed by atoms with Gasteiger partial charge in [-0.1, -0.05) is 22.9 Å². The highest BCUT2D eigenvalue weighted by molar-refractivity contribution is 7.22. The van der Waals surface area contributed by atoms with E-state index < -0.39 is 17.6 Å². The van der Waals surface area contributed by atoms with E-state index in [1.807, 2.05) is 0 Å². The first-order chi connectivity index (χ1) is 11.2. The first-order valence-electron chi connectivity index (χ1n) is 6.52. The maximum atomic E-state index is 12.7. The molecule has 1 aromatic heterocycles. The number of thiazole rings is 1. The SMILES string of the molecule is O=C(Nc1nc2ccc(C(F)(F)F)cc2s1)c1cc(Cl)ccc1O. The molecule has 0 spiro atoms. The van der Waals surface area contributed by atoms with Crippen molar-refractivity contribution in [2.24, 2.45) is 0 Å². The maximum absolute atomic E-state index is 12.7. The largest absolute Gasteiger partial charge is 0.507 e. The van der Waals surface area contributed by atoms with Gasteiger partial charge in [-0.3, -0.25) is 10.1 Å². The molecule has 124 valence electrons. The van der Waals surface area contributed by atoms with Crippen LogP contribution in [0.5, 0.6) is 5.75 Å². The lowest BCUT2D eigenvalue weighted by atomic mass is 10.2. The highest BCUT2D eigenvalue weighted by Crippen LogP contribution is 2.34. The van der Waals surface area contributed by atoms with Gasteiger partial charge in [0.25, 0.3) is 5.91 Å². The predicted octanol–water partition coefficient (Wildman–Crippen LogP) is 4.93. The zero-order chi connectivity index (χ0) is 17.5. The molecule has 0 aliphatic heterocycles. The third-order valence-electron chi connectivity index (χ3n) is 3.14. The van der Waals surface area contributed by atoms with Gasteiger partial charge in [0.1, 0.15) is 5.75 Å². The van der Waals surface area contributed by atoms with Crippen molar-refractivity contribution >= 4 is 44.2 Å². The van der Waals surface area contributed by atoms with Crippen LogP contribution >= 0.6 is 22.9 Å². The van der Waals surface area contributed by atoms with E-state index in [0.29, 0.717) is 5.52 Å². The lowest BCUT2D eigenvalue weighted by Gasteiger charge is -2.04. The molecule has 0 fully saturated rings. The molecule has 2 aromatic carbocycles. The van der Waals surface area contributed by atoms with E-state index in [-0.39, 0.29) is 26.2 Å². The molecule has 0 saturated heterocycles. The molecule has 0 radical (unpaired) electrons. The van der Waals surface area contributed by atoms with E-state index in [4.69, 9.17) is 11.6 Å². The molecule has 3 rings (SSSR count). The molecule has 1 heterocycles. The molecule has 0 aliphatic carbocycles. The Kier molecular flexibility index (Phi) is 4.10. The van der Waals surface area contributed by atoms with E-state index >= 15 is 0 Å². The molecule has 2 N–H and O–H groups in total. The van der Waals surface area contributed by atoms with Crippen LogP contribution in [-0.2, 0) is 6.18 Å². The Morgan fingerprint density at radius 1 is 1.21 bits per heavy atom. The lowest BCUT2D eigenvalue weighted by molar-refractivity contribution is -0.137. The van der Waals surface area contributed by atoms with Gasteiger partial charge in [-0.05, 0) is 36.4 Å². The van der Waals surface area contributed by atoms with Crippen LogP contribution in [-0.4, -0.2) is 16.0 Å². The van der Waals surface area contributed by atoms with Crippen molar-refractivity contribution in [1.29, 1.82) is 0 Å². The van der Waals surface area contributed by atoms with Crippen molar-refractivity contribution in [3.63, 3.8) is 0 Å². The van der Waals surface area contributed by atoms with E-state index in [2.05, 4.69) is 10.3 Å². The van der Waals surface area contributed by atoms with Crippen molar-refractivity contribution in [3.05, 3.63) is 52.5 Å². The number of amides is 1. The molecule has 0 saturated carbocycles. The molecule has 3 aromatic rings. The summed E-state index contributed by atoms with van der Waals surface area (Å²) in [6.07, 6.45) is -4.45. The van der Waals surface area contributed by atoms with E-state index in [9.17, 15) is 23.1 Å². The number of fused-ring (bicyclic) bond motifs is 1. The fourth-order valence-electron chi connectivity index (χ4n) is 2.01. The second-order valence-corrected chi connectivity index (χ2v) is 6.28. The van der Waals surface area contributed by atoms with Crippen molar-refractivity contribution in [2.75, 3.05) is 5.32 Å². The van der Waals surface area contributed by atoms with Crippen molar-refractivity contribution in [3.8, 4) is 5.75 Å². The third kappa shape index (κ3) is 3.29. The van der Waals surface area contributed by atoms with Crippen molar-refractivity contribution in [2.45, 2.75) is 6.18 Å². The Balaban J connectivity index is 1.90. The summed E-state index contributed by atoms with van der Waals surface area (Å²) in [5.74, 6) is -0.928. The minimum atomic E-state index is -4.45. The number of alkyl halides is 3. The van der Waals surface area contributed by atoms with Crippen LogP contribution < -0.4 is 5.32 Å². The summed E-state index contributed by atoms with van der Waals surface area (Å²) >= 11 is 6.68. The zero-order valence-corrected chi connectivity index (χ0v) is 13.3. The number of carbonyl (C=O) groups is 1. The minimum absolute atomic E-state index is 0.0577. The second-order valence-electron chi connectivity index (χ2n) is 4.81. The van der Waals surface area contributed by atoms with Gasteiger partial charge in [0.2, 0.25) is 0 Å². The summed E-state index contributed by atoms with van der Waals surface area (Å²) in [7, 11) is 0. The number of carbonyl (C=O) groups excluding carboxylic acids is 1. The molecule has 24 heavy (non-hydrogen) atoms. The summed E-state index contributed by atoms with van der Waals surface area (Å²) in [5.41, 5.74) is -0.514. The number of hydrogen-bond donors (Lipinski definition) is 2. The maximum Gasteiger partial charge on any atom is 0.416 e. The standard InChI is InChI=1S/C15H8ClF3N2O2S/c16-8-2-4-11(22)9(6-8)13(23)21-14-20-10-3-1-7(15(17,18)19)5-12(10)24-14/h1-6,22H,(H,20,21,23). The number of aromatic nitrogens is 1. The van der Waals surface area contributed by atoms with Gasteiger partial charge in [-0.2, -0.15) is 13.2 Å². The normalized spacial score (nSPS) is 11.7. The molecule has 9 heteroatoms. The van der Waals surface area contributed by atoms with Crippen molar-refractivity contribution < 1.29 is 23.1 Å². The highest BCUT2D eigenvalue weighted by Gasteiger charge is 2.30. The number of halogens is 4. The molecule has 1 amide bonds. The Morgan fingerprint density at radius 3 is 2.67 bits per heavy atom. The minimum Gasteiger partial charge on any atom is -0.507 e. The number of benzene rings is 2. The molecule has 0 atom stereocenters. The van der Waals surface area contributed by atoms with Crippen LogP contribution in [0.15, 0.2) is 36.4 Å². The average Bonchev–Trinajstić information content (AvgIpc) is 2.89. The molecule has 0 aliphatic rings. The number of anilines is 1. The van der Waals surface area contributed by atoms with Crippen LogP contribution in [0.4, 0.5) is 18.3 Å². The predicted molar refractivity (Wildman–Crippen MR) is 85.7 cm³/mol. The number of aromatic hydroxyl groups is 1. The first kappa shape index (κ1) is 16.5. The Labute approximate surface area is 142 Å². The fraction of sp³-hybridized carbons (Fsp3) is 0.0667. The van der Waals surface area contributed by atoms with Gasteiger partial charge in [0.05, 0.1) is 21.3 Å². The summed E-state index contributed by atoms with van der Waals surface area (Å²) in [6, 6.07) is 7.10. The van der Waals surface area contributed by atoms with E-state index in [0.717, 1.165) is 23.5 Å². The summed E-state index contributed by atoms with van der Waals surface area (Å²) in [6.45, 7) is 0. The monoisotopic (exact) mass is 372 g/mol. The van der Waals surface area contributed by atoms with Gasteiger partial charge in [-0.25, -0.2) is 4.98 Å². The molecule has 0 unspecified atom stereocenters. The third-order valence-corrected chi connectivity index (χ3v) is 4.31. The van der Waals surface area contributed by atoms with Crippen LogP contribution in [0, 0.1) is 0 Å². The summed E-state index contributed by atoms with van der Waals surface area (Å²) < 4.78 is 38.4. The zero-order valence-electron chi connectivity index (χ0n) is 11.7. The number of nitrogens with zero attached hydrogens (tertiary/aromatic N) is 1. The number of nitrogens with one attached hydrogen (secondary N) is 1. The quantitative estimate of drug-likeness (QED) is 0.670.